The van der Waals surface area contributed by atoms with Crippen LogP contribution < -0.4 is 10.5 Å². The molecule has 0 amide bonds. The average Bonchev–Trinajstić information content (AvgIpc) is 2.38. The summed E-state index contributed by atoms with van der Waals surface area (Å²) in [6.45, 7) is 2.51. The second-order valence-corrected chi connectivity index (χ2v) is 7.26. The largest absolute Gasteiger partial charge is 0.326 e. The molecule has 1 aliphatic rings. The van der Waals surface area contributed by atoms with Gasteiger partial charge in [0.15, 0.2) is 0 Å². The summed E-state index contributed by atoms with van der Waals surface area (Å²) in [4.78, 5) is 0.0740. The normalized spacial score (nSPS) is 17.8. The second kappa shape index (κ2) is 5.79. The van der Waals surface area contributed by atoms with Gasteiger partial charge >= 0.3 is 0 Å². The van der Waals surface area contributed by atoms with Gasteiger partial charge in [-0.2, -0.15) is 0 Å². The maximum atomic E-state index is 13.4. The number of halogens is 1. The van der Waals surface area contributed by atoms with Crippen molar-refractivity contribution in [1.29, 1.82) is 0 Å². The Labute approximate surface area is 119 Å². The Bertz CT molecular complexity index is 577. The molecular weight excluding hydrogens is 279 g/mol. The van der Waals surface area contributed by atoms with E-state index in [0.717, 1.165) is 31.7 Å². The first-order chi connectivity index (χ1) is 9.42. The lowest BCUT2D eigenvalue weighted by Crippen LogP contribution is -2.41. The van der Waals surface area contributed by atoms with Gasteiger partial charge in [0.25, 0.3) is 0 Å². The molecule has 0 unspecified atom stereocenters. The molecule has 1 fully saturated rings. The molecule has 0 saturated heterocycles. The number of nitrogens with one attached hydrogen (secondary N) is 1. The standard InChI is InChI=1S/C14H21FN2O2S/c1-2-14(6-3-7-14)10-17-20(18,19)12-4-5-13(15)11(8-12)9-16/h4-5,8,17H,2-3,6-7,9-10,16H2,1H3. The number of rotatable bonds is 6. The lowest BCUT2D eigenvalue weighted by molar-refractivity contribution is 0.133. The topological polar surface area (TPSA) is 72.2 Å². The average molecular weight is 300 g/mol. The summed E-state index contributed by atoms with van der Waals surface area (Å²) in [7, 11) is -3.60. The van der Waals surface area contributed by atoms with E-state index in [1.165, 1.54) is 12.1 Å². The van der Waals surface area contributed by atoms with Crippen molar-refractivity contribution in [2.24, 2.45) is 11.1 Å². The van der Waals surface area contributed by atoms with Crippen molar-refractivity contribution >= 4 is 10.0 Å². The van der Waals surface area contributed by atoms with Crippen LogP contribution >= 0.6 is 0 Å². The molecule has 1 aliphatic carbocycles. The molecule has 4 nitrogen and oxygen atoms in total. The monoisotopic (exact) mass is 300 g/mol. The molecule has 1 aromatic carbocycles. The van der Waals surface area contributed by atoms with E-state index in [-0.39, 0.29) is 22.4 Å². The van der Waals surface area contributed by atoms with E-state index < -0.39 is 15.8 Å². The molecule has 20 heavy (non-hydrogen) atoms. The van der Waals surface area contributed by atoms with Crippen molar-refractivity contribution in [3.63, 3.8) is 0 Å². The Morgan fingerprint density at radius 3 is 2.60 bits per heavy atom. The van der Waals surface area contributed by atoms with Crippen molar-refractivity contribution in [3.8, 4) is 0 Å². The first-order valence-electron chi connectivity index (χ1n) is 6.91. The molecule has 0 heterocycles. The molecule has 6 heteroatoms. The summed E-state index contributed by atoms with van der Waals surface area (Å²) < 4.78 is 40.5. The Morgan fingerprint density at radius 1 is 1.40 bits per heavy atom. The van der Waals surface area contributed by atoms with Crippen LogP contribution in [-0.2, 0) is 16.6 Å². The molecule has 1 aromatic rings. The second-order valence-electron chi connectivity index (χ2n) is 5.49. The van der Waals surface area contributed by atoms with Crippen molar-refractivity contribution in [2.75, 3.05) is 6.54 Å². The van der Waals surface area contributed by atoms with Gasteiger partial charge in [-0.05, 0) is 42.9 Å². The van der Waals surface area contributed by atoms with Crippen LogP contribution in [0.2, 0.25) is 0 Å². The lowest BCUT2D eigenvalue weighted by Gasteiger charge is -2.41. The maximum Gasteiger partial charge on any atom is 0.240 e. The zero-order valence-electron chi connectivity index (χ0n) is 11.7. The van der Waals surface area contributed by atoms with Crippen LogP contribution in [0.5, 0.6) is 0 Å². The van der Waals surface area contributed by atoms with Gasteiger partial charge in [-0.15, -0.1) is 0 Å². The fourth-order valence-electron chi connectivity index (χ4n) is 2.54. The molecular formula is C14H21FN2O2S. The van der Waals surface area contributed by atoms with Gasteiger partial charge in [-0.1, -0.05) is 13.3 Å². The van der Waals surface area contributed by atoms with Crippen LogP contribution in [0.15, 0.2) is 23.1 Å². The summed E-state index contributed by atoms with van der Waals surface area (Å²) >= 11 is 0. The minimum absolute atomic E-state index is 0.0198. The number of nitrogens with two attached hydrogens (primary N) is 1. The van der Waals surface area contributed by atoms with E-state index in [9.17, 15) is 12.8 Å². The van der Waals surface area contributed by atoms with Crippen molar-refractivity contribution in [1.82, 2.24) is 4.72 Å². The molecule has 0 aliphatic heterocycles. The molecule has 112 valence electrons. The molecule has 3 N–H and O–H groups in total. The van der Waals surface area contributed by atoms with Gasteiger partial charge in [0.2, 0.25) is 10.0 Å². The van der Waals surface area contributed by atoms with E-state index in [1.54, 1.807) is 0 Å². The summed E-state index contributed by atoms with van der Waals surface area (Å²) in [5, 5.41) is 0. The van der Waals surface area contributed by atoms with Gasteiger partial charge in [-0.3, -0.25) is 0 Å². The maximum absolute atomic E-state index is 13.4. The van der Waals surface area contributed by atoms with E-state index in [0.29, 0.717) is 6.54 Å². The number of hydrogen-bond acceptors (Lipinski definition) is 3. The van der Waals surface area contributed by atoms with Gasteiger partial charge in [0.1, 0.15) is 5.82 Å². The predicted molar refractivity (Wildman–Crippen MR) is 76.1 cm³/mol. The van der Waals surface area contributed by atoms with Gasteiger partial charge in [0.05, 0.1) is 4.90 Å². The van der Waals surface area contributed by atoms with E-state index in [1.807, 2.05) is 0 Å². The summed E-state index contributed by atoms with van der Waals surface area (Å²) in [6, 6.07) is 3.73. The molecule has 0 radical (unpaired) electrons. The minimum atomic E-state index is -3.60. The van der Waals surface area contributed by atoms with Gasteiger partial charge < -0.3 is 5.73 Å². The predicted octanol–water partition coefficient (Wildman–Crippen LogP) is 2.14. The van der Waals surface area contributed by atoms with E-state index in [2.05, 4.69) is 11.6 Å². The third-order valence-electron chi connectivity index (χ3n) is 4.35. The molecule has 0 atom stereocenters. The molecule has 0 spiro atoms. The van der Waals surface area contributed by atoms with Crippen molar-refractivity contribution < 1.29 is 12.8 Å². The van der Waals surface area contributed by atoms with E-state index in [4.69, 9.17) is 5.73 Å². The van der Waals surface area contributed by atoms with E-state index >= 15 is 0 Å². The first-order valence-corrected chi connectivity index (χ1v) is 8.39. The van der Waals surface area contributed by atoms with Crippen LogP contribution in [0.3, 0.4) is 0 Å². The number of sulfonamides is 1. The van der Waals surface area contributed by atoms with Crippen molar-refractivity contribution in [2.45, 2.75) is 44.0 Å². The summed E-state index contributed by atoms with van der Waals surface area (Å²) in [5.74, 6) is -0.476. The lowest BCUT2D eigenvalue weighted by atomic mass is 9.67. The smallest absolute Gasteiger partial charge is 0.240 e. The van der Waals surface area contributed by atoms with Crippen LogP contribution in [0.25, 0.3) is 0 Å². The summed E-state index contributed by atoms with van der Waals surface area (Å²) in [6.07, 6.45) is 4.24. The number of benzene rings is 1. The minimum Gasteiger partial charge on any atom is -0.326 e. The zero-order chi connectivity index (χ0) is 14.8. The fraction of sp³-hybridized carbons (Fsp3) is 0.571. The van der Waals surface area contributed by atoms with Crippen molar-refractivity contribution in [3.05, 3.63) is 29.6 Å². The Kier molecular flexibility index (Phi) is 4.46. The molecule has 2 rings (SSSR count). The summed E-state index contributed by atoms with van der Waals surface area (Å²) in [5.41, 5.74) is 5.71. The Hall–Kier alpha value is -0.980. The number of hydrogen-bond donors (Lipinski definition) is 2. The van der Waals surface area contributed by atoms with Gasteiger partial charge in [-0.25, -0.2) is 17.5 Å². The Morgan fingerprint density at radius 2 is 2.10 bits per heavy atom. The van der Waals surface area contributed by atoms with Crippen LogP contribution in [0.4, 0.5) is 4.39 Å². The highest BCUT2D eigenvalue weighted by Gasteiger charge is 2.36. The third-order valence-corrected chi connectivity index (χ3v) is 5.75. The fourth-order valence-corrected chi connectivity index (χ4v) is 3.75. The van der Waals surface area contributed by atoms with Crippen LogP contribution in [-0.4, -0.2) is 15.0 Å². The molecule has 0 bridgehead atoms. The highest BCUT2D eigenvalue weighted by atomic mass is 32.2. The highest BCUT2D eigenvalue weighted by molar-refractivity contribution is 7.89. The first kappa shape index (κ1) is 15.4. The SMILES string of the molecule is CCC1(CNS(=O)(=O)c2ccc(F)c(CN)c2)CCC1. The zero-order valence-corrected chi connectivity index (χ0v) is 12.5. The molecule has 0 aromatic heterocycles. The Balaban J connectivity index is 2.14. The van der Waals surface area contributed by atoms with Crippen LogP contribution in [0.1, 0.15) is 38.2 Å². The van der Waals surface area contributed by atoms with Gasteiger partial charge in [0, 0.05) is 18.7 Å². The quantitative estimate of drug-likeness (QED) is 0.845. The highest BCUT2D eigenvalue weighted by Crippen LogP contribution is 2.43. The van der Waals surface area contributed by atoms with Crippen LogP contribution in [0, 0.1) is 11.2 Å². The molecule has 1 saturated carbocycles. The third kappa shape index (κ3) is 3.02.